The molecule has 0 aliphatic rings. The molecule has 0 fully saturated rings. The third-order valence-corrected chi connectivity index (χ3v) is 11.5. The predicted molar refractivity (Wildman–Crippen MR) is 250 cm³/mol. The average Bonchev–Trinajstić information content (AvgIpc) is 3.83. The van der Waals surface area contributed by atoms with Crippen LogP contribution in [0.15, 0.2) is 158 Å². The highest BCUT2D eigenvalue weighted by Crippen LogP contribution is 2.38. The molecule has 6 heteroatoms. The van der Waals surface area contributed by atoms with Gasteiger partial charge in [-0.15, -0.1) is 5.10 Å². The molecule has 0 atom stereocenters. The quantitative estimate of drug-likeness (QED) is 0.119. The minimum absolute atomic E-state index is 0.0334. The molecule has 9 rings (SSSR count). The fourth-order valence-corrected chi connectivity index (χ4v) is 7.92. The zero-order valence-corrected chi connectivity index (χ0v) is 36.7. The summed E-state index contributed by atoms with van der Waals surface area (Å²) in [6.45, 7) is 20.3. The summed E-state index contributed by atoms with van der Waals surface area (Å²) in [6.07, 6.45) is 5.53. The van der Waals surface area contributed by atoms with Gasteiger partial charge in [0.25, 0.3) is 6.33 Å². The van der Waals surface area contributed by atoms with E-state index in [-0.39, 0.29) is 16.2 Å². The Morgan fingerprint density at radius 1 is 0.508 bits per heavy atom. The molecule has 304 valence electrons. The van der Waals surface area contributed by atoms with Gasteiger partial charge in [-0.1, -0.05) is 159 Å². The largest absolute Gasteiger partial charge is 0.458 e. The van der Waals surface area contributed by atoms with E-state index in [1.807, 2.05) is 45.8 Å². The Bertz CT molecular complexity index is 3010. The van der Waals surface area contributed by atoms with Crippen LogP contribution in [-0.4, -0.2) is 19.2 Å². The molecule has 6 nitrogen and oxygen atoms in total. The zero-order chi connectivity index (χ0) is 42.7. The van der Waals surface area contributed by atoms with E-state index in [0.29, 0.717) is 5.75 Å². The molecule has 0 amide bonds. The second-order valence-electron chi connectivity index (χ2n) is 19.2. The molecule has 0 saturated carbocycles. The van der Waals surface area contributed by atoms with Crippen molar-refractivity contribution in [3.8, 4) is 51.2 Å². The van der Waals surface area contributed by atoms with Crippen molar-refractivity contribution in [2.24, 2.45) is 0 Å². The highest BCUT2D eigenvalue weighted by Gasteiger charge is 2.24. The third kappa shape index (κ3) is 7.86. The van der Waals surface area contributed by atoms with Gasteiger partial charge in [-0.2, -0.15) is 4.68 Å². The molecule has 0 N–H and O–H groups in total. The maximum absolute atomic E-state index is 6.76. The van der Waals surface area contributed by atoms with E-state index in [1.165, 1.54) is 27.8 Å². The standard InChI is InChI=1S/C55H53N5O/c1-53(2,3)40-27-28-56-51(33-40)60-49-26-23-39(37-17-12-10-13-18-37)29-48(49)47-25-24-46(35-50(47)60)61-45-22-16-21-43(34-45)58-36-59(57-52(58)38-19-14-11-15-20-38)44-31-41(54(4,5)6)30-42(32-44)55(7,8)9/h10-35H,1-9H3. The van der Waals surface area contributed by atoms with E-state index in [1.54, 1.807) is 0 Å². The molecule has 3 heterocycles. The minimum Gasteiger partial charge on any atom is -0.458 e. The number of benzene rings is 6. The van der Waals surface area contributed by atoms with Gasteiger partial charge < -0.3 is 4.74 Å². The highest BCUT2D eigenvalue weighted by atomic mass is 16.5. The van der Waals surface area contributed by atoms with Crippen molar-refractivity contribution >= 4 is 21.8 Å². The van der Waals surface area contributed by atoms with Gasteiger partial charge in [0, 0.05) is 28.6 Å². The van der Waals surface area contributed by atoms with Crippen LogP contribution in [0.25, 0.3) is 61.5 Å². The number of fused-ring (bicyclic) bond motifs is 3. The van der Waals surface area contributed by atoms with Crippen molar-refractivity contribution in [1.29, 1.82) is 0 Å². The van der Waals surface area contributed by atoms with Crippen LogP contribution in [0, 0.1) is 6.33 Å². The predicted octanol–water partition coefficient (Wildman–Crippen LogP) is 13.5. The Morgan fingerprint density at radius 3 is 1.84 bits per heavy atom. The van der Waals surface area contributed by atoms with Gasteiger partial charge in [-0.25, -0.2) is 4.98 Å². The van der Waals surface area contributed by atoms with Crippen molar-refractivity contribution in [1.82, 2.24) is 19.2 Å². The van der Waals surface area contributed by atoms with E-state index in [4.69, 9.17) is 14.8 Å². The number of ether oxygens (including phenoxy) is 1. The van der Waals surface area contributed by atoms with Gasteiger partial charge >= 0.3 is 0 Å². The van der Waals surface area contributed by atoms with E-state index < -0.39 is 0 Å². The number of aromatic nitrogens is 5. The summed E-state index contributed by atoms with van der Waals surface area (Å²) >= 11 is 0. The van der Waals surface area contributed by atoms with Gasteiger partial charge in [-0.05, 0) is 92.6 Å². The molecule has 0 saturated heterocycles. The molecule has 3 aromatic heterocycles. The highest BCUT2D eigenvalue weighted by molar-refractivity contribution is 6.10. The van der Waals surface area contributed by atoms with Crippen molar-refractivity contribution in [3.05, 3.63) is 181 Å². The summed E-state index contributed by atoms with van der Waals surface area (Å²) in [5.41, 5.74) is 10.9. The Kier molecular flexibility index (Phi) is 9.78. The zero-order valence-electron chi connectivity index (χ0n) is 36.7. The van der Waals surface area contributed by atoms with Crippen LogP contribution in [0.3, 0.4) is 0 Å². The van der Waals surface area contributed by atoms with Gasteiger partial charge in [0.05, 0.1) is 22.4 Å². The number of pyridine rings is 1. The minimum atomic E-state index is -0.0392. The van der Waals surface area contributed by atoms with Crippen LogP contribution in [-0.2, 0) is 16.2 Å². The molecule has 0 radical (unpaired) electrons. The van der Waals surface area contributed by atoms with Crippen LogP contribution in [0.4, 0.5) is 0 Å². The molecule has 6 aromatic carbocycles. The lowest BCUT2D eigenvalue weighted by Gasteiger charge is -2.26. The summed E-state index contributed by atoms with van der Waals surface area (Å²) in [4.78, 5) is 4.93. The number of hydrogen-bond donors (Lipinski definition) is 0. The summed E-state index contributed by atoms with van der Waals surface area (Å²) in [5, 5.41) is 7.49. The monoisotopic (exact) mass is 799 g/mol. The lowest BCUT2D eigenvalue weighted by atomic mass is 9.80. The molecule has 61 heavy (non-hydrogen) atoms. The lowest BCUT2D eigenvalue weighted by molar-refractivity contribution is -0.660. The normalized spacial score (nSPS) is 12.3. The average molecular weight is 800 g/mol. The second kappa shape index (κ2) is 15.0. The third-order valence-electron chi connectivity index (χ3n) is 11.5. The topological polar surface area (TPSA) is 48.8 Å². The summed E-state index contributed by atoms with van der Waals surface area (Å²) in [7, 11) is 0. The fourth-order valence-electron chi connectivity index (χ4n) is 7.92. The first-order valence-electron chi connectivity index (χ1n) is 21.2. The lowest BCUT2D eigenvalue weighted by Crippen LogP contribution is -2.34. The van der Waals surface area contributed by atoms with E-state index in [9.17, 15) is 0 Å². The van der Waals surface area contributed by atoms with Crippen molar-refractivity contribution < 1.29 is 9.42 Å². The molecule has 0 spiro atoms. The molecule has 9 aromatic rings. The Balaban J connectivity index is 1.15. The van der Waals surface area contributed by atoms with Crippen molar-refractivity contribution in [3.63, 3.8) is 0 Å². The molecular formula is C55H53N5O. The maximum Gasteiger partial charge on any atom is 0.273 e. The Morgan fingerprint density at radius 2 is 1.16 bits per heavy atom. The molecule has 0 aliphatic carbocycles. The van der Waals surface area contributed by atoms with E-state index >= 15 is 0 Å². The van der Waals surface area contributed by atoms with Crippen LogP contribution < -0.4 is 9.42 Å². The summed E-state index contributed by atoms with van der Waals surface area (Å²) < 4.78 is 12.9. The van der Waals surface area contributed by atoms with Gasteiger partial charge in [0.2, 0.25) is 0 Å². The van der Waals surface area contributed by atoms with Crippen LogP contribution in [0.2, 0.25) is 0 Å². The summed E-state index contributed by atoms with van der Waals surface area (Å²) in [5.74, 6) is 3.09. The van der Waals surface area contributed by atoms with Gasteiger partial charge in [-0.3, -0.25) is 9.13 Å². The van der Waals surface area contributed by atoms with E-state index in [0.717, 1.165) is 56.1 Å². The first-order chi connectivity index (χ1) is 29.1. The molecular weight excluding hydrogens is 747 g/mol. The van der Waals surface area contributed by atoms with Gasteiger partial charge in [0.15, 0.2) is 5.82 Å². The summed E-state index contributed by atoms with van der Waals surface area (Å²) in [6, 6.07) is 53.2. The van der Waals surface area contributed by atoms with Crippen molar-refractivity contribution in [2.75, 3.05) is 0 Å². The SMILES string of the molecule is CC(C)(C)c1cc(-[n+]2[c-]n(-c3cccc(Oc4ccc5c6cc(-c7ccccc7)ccc6n(-c6cc(C(C)(C)C)ccn6)c5c4)c3)c(-c3ccccc3)n2)cc(C(C)(C)C)c1. The second-order valence-corrected chi connectivity index (χ2v) is 19.2. The number of nitrogens with zero attached hydrogens (tertiary/aromatic N) is 5. The number of hydrogen-bond acceptors (Lipinski definition) is 3. The fraction of sp³-hybridized carbons (Fsp3) is 0.218. The van der Waals surface area contributed by atoms with Crippen LogP contribution in [0.1, 0.15) is 79.0 Å². The first-order valence-corrected chi connectivity index (χ1v) is 21.2. The van der Waals surface area contributed by atoms with Crippen LogP contribution >= 0.6 is 0 Å². The Hall–Kier alpha value is -6.79. The molecule has 0 bridgehead atoms. The smallest absolute Gasteiger partial charge is 0.273 e. The van der Waals surface area contributed by atoms with Gasteiger partial charge in [0.1, 0.15) is 17.3 Å². The molecule has 0 aliphatic heterocycles. The molecule has 0 unspecified atom stereocenters. The number of rotatable bonds is 7. The maximum atomic E-state index is 6.76. The van der Waals surface area contributed by atoms with Crippen molar-refractivity contribution in [2.45, 2.75) is 78.6 Å². The van der Waals surface area contributed by atoms with E-state index in [2.05, 4.69) is 195 Å². The Labute approximate surface area is 359 Å². The first kappa shape index (κ1) is 39.7. The van der Waals surface area contributed by atoms with Crippen LogP contribution in [0.5, 0.6) is 11.5 Å².